The first-order valence-electron chi connectivity index (χ1n) is 2.86. The van der Waals surface area contributed by atoms with Crippen molar-refractivity contribution >= 4 is 23.3 Å². The minimum atomic E-state index is -0.308. The molecule has 1 saturated heterocycles. The summed E-state index contributed by atoms with van der Waals surface area (Å²) >= 11 is 4.73. The Morgan fingerprint density at radius 1 is 1.90 bits per heavy atom. The number of ether oxygens (including phenoxy) is 1. The van der Waals surface area contributed by atoms with E-state index in [4.69, 9.17) is 12.2 Å². The van der Waals surface area contributed by atoms with Gasteiger partial charge in [-0.2, -0.15) is 0 Å². The van der Waals surface area contributed by atoms with Gasteiger partial charge in [-0.05, 0) is 12.2 Å². The second-order valence-corrected chi connectivity index (χ2v) is 2.34. The Morgan fingerprint density at radius 3 is 3.00 bits per heavy atom. The quantitative estimate of drug-likeness (QED) is 0.381. The first-order valence-corrected chi connectivity index (χ1v) is 3.27. The van der Waals surface area contributed by atoms with Crippen molar-refractivity contribution in [3.8, 4) is 0 Å². The summed E-state index contributed by atoms with van der Waals surface area (Å²) in [6.45, 7) is 0.519. The summed E-state index contributed by atoms with van der Waals surface area (Å²) in [6.07, 6.45) is 0. The molecule has 0 saturated carbocycles. The zero-order valence-corrected chi connectivity index (χ0v) is 6.33. The third-order valence-corrected chi connectivity index (χ3v) is 1.52. The molecule has 1 aliphatic heterocycles. The van der Waals surface area contributed by atoms with E-state index in [0.29, 0.717) is 11.7 Å². The summed E-state index contributed by atoms with van der Waals surface area (Å²) in [5, 5.41) is 6.06. The highest BCUT2D eigenvalue weighted by Crippen LogP contribution is 1.92. The number of hydrogen-bond acceptors (Lipinski definition) is 3. The highest BCUT2D eigenvalue weighted by atomic mass is 32.1. The molecular weight excluding hydrogens is 152 g/mol. The maximum absolute atomic E-state index is 10.8. The van der Waals surface area contributed by atoms with E-state index in [1.54, 1.807) is 0 Å². The molecule has 5 heteroatoms. The van der Waals surface area contributed by atoms with Crippen LogP contribution in [0.15, 0.2) is 0 Å². The minimum Gasteiger partial charge on any atom is -0.467 e. The van der Waals surface area contributed by atoms with Crippen molar-refractivity contribution in [2.75, 3.05) is 13.7 Å². The fourth-order valence-corrected chi connectivity index (χ4v) is 0.965. The van der Waals surface area contributed by atoms with Crippen molar-refractivity contribution in [3.63, 3.8) is 0 Å². The molecule has 1 atom stereocenters. The molecule has 56 valence electrons. The number of carbonyl (C=O) groups is 1. The van der Waals surface area contributed by atoms with Gasteiger partial charge in [-0.3, -0.25) is 0 Å². The van der Waals surface area contributed by atoms with Gasteiger partial charge in [-0.25, -0.2) is 4.79 Å². The maximum atomic E-state index is 10.8. The van der Waals surface area contributed by atoms with E-state index in [9.17, 15) is 4.79 Å². The molecule has 10 heavy (non-hydrogen) atoms. The van der Waals surface area contributed by atoms with Crippen LogP contribution in [0.25, 0.3) is 0 Å². The lowest BCUT2D eigenvalue weighted by Gasteiger charge is -2.04. The molecule has 0 aliphatic carbocycles. The Morgan fingerprint density at radius 2 is 2.60 bits per heavy atom. The largest absolute Gasteiger partial charge is 0.467 e. The Hall–Kier alpha value is -0.840. The van der Waals surface area contributed by atoms with Crippen molar-refractivity contribution in [2.24, 2.45) is 0 Å². The number of carbonyl (C=O) groups excluding carboxylic acids is 1. The van der Waals surface area contributed by atoms with Crippen LogP contribution < -0.4 is 10.6 Å². The second kappa shape index (κ2) is 2.83. The SMILES string of the molecule is COC(=O)C1CNC(=S)N1. The summed E-state index contributed by atoms with van der Waals surface area (Å²) in [5.74, 6) is -0.285. The van der Waals surface area contributed by atoms with Gasteiger partial charge in [0.2, 0.25) is 0 Å². The Kier molecular flexibility index (Phi) is 2.06. The van der Waals surface area contributed by atoms with Gasteiger partial charge in [0, 0.05) is 6.54 Å². The van der Waals surface area contributed by atoms with E-state index in [0.717, 1.165) is 0 Å². The van der Waals surface area contributed by atoms with E-state index in [-0.39, 0.29) is 12.0 Å². The van der Waals surface area contributed by atoms with E-state index in [2.05, 4.69) is 15.4 Å². The van der Waals surface area contributed by atoms with E-state index >= 15 is 0 Å². The molecule has 1 unspecified atom stereocenters. The van der Waals surface area contributed by atoms with Gasteiger partial charge in [-0.15, -0.1) is 0 Å². The third-order valence-electron chi connectivity index (χ3n) is 1.26. The summed E-state index contributed by atoms with van der Waals surface area (Å²) in [6, 6.07) is -0.308. The van der Waals surface area contributed by atoms with Crippen molar-refractivity contribution in [1.82, 2.24) is 10.6 Å². The Bertz CT molecular complexity index is 171. The molecule has 0 aromatic carbocycles. The van der Waals surface area contributed by atoms with Crippen LogP contribution in [0.2, 0.25) is 0 Å². The van der Waals surface area contributed by atoms with Crippen molar-refractivity contribution < 1.29 is 9.53 Å². The smallest absolute Gasteiger partial charge is 0.330 e. The molecule has 0 amide bonds. The predicted octanol–water partition coefficient (Wildman–Crippen LogP) is -0.994. The molecular formula is C5H8N2O2S. The van der Waals surface area contributed by atoms with E-state index in [1.807, 2.05) is 0 Å². The lowest BCUT2D eigenvalue weighted by molar-refractivity contribution is -0.142. The van der Waals surface area contributed by atoms with Crippen molar-refractivity contribution in [2.45, 2.75) is 6.04 Å². The number of nitrogens with one attached hydrogen (secondary N) is 2. The fraction of sp³-hybridized carbons (Fsp3) is 0.600. The van der Waals surface area contributed by atoms with Crippen LogP contribution in [0, 0.1) is 0 Å². The predicted molar refractivity (Wildman–Crippen MR) is 39.5 cm³/mol. The molecule has 1 rings (SSSR count). The topological polar surface area (TPSA) is 50.4 Å². The van der Waals surface area contributed by atoms with Crippen molar-refractivity contribution in [3.05, 3.63) is 0 Å². The van der Waals surface area contributed by atoms with E-state index in [1.165, 1.54) is 7.11 Å². The van der Waals surface area contributed by atoms with Gasteiger partial charge in [0.05, 0.1) is 7.11 Å². The van der Waals surface area contributed by atoms with Crippen LogP contribution in [-0.2, 0) is 9.53 Å². The normalized spacial score (nSPS) is 23.3. The van der Waals surface area contributed by atoms with Gasteiger partial charge in [0.25, 0.3) is 0 Å². The summed E-state index contributed by atoms with van der Waals surface area (Å²) < 4.78 is 4.48. The molecule has 1 heterocycles. The van der Waals surface area contributed by atoms with Crippen LogP contribution in [0.5, 0.6) is 0 Å². The molecule has 0 bridgehead atoms. The molecule has 0 spiro atoms. The summed E-state index contributed by atoms with van der Waals surface area (Å²) in [5.41, 5.74) is 0. The molecule has 1 aliphatic rings. The van der Waals surface area contributed by atoms with Crippen LogP contribution in [0.1, 0.15) is 0 Å². The van der Waals surface area contributed by atoms with Gasteiger partial charge < -0.3 is 15.4 Å². The molecule has 0 radical (unpaired) electrons. The monoisotopic (exact) mass is 160 g/mol. The van der Waals surface area contributed by atoms with Crippen LogP contribution >= 0.6 is 12.2 Å². The Balaban J connectivity index is 2.44. The number of thiocarbonyl (C=S) groups is 1. The lowest BCUT2D eigenvalue weighted by Crippen LogP contribution is -2.35. The van der Waals surface area contributed by atoms with Crippen LogP contribution in [0.3, 0.4) is 0 Å². The minimum absolute atomic E-state index is 0.285. The van der Waals surface area contributed by atoms with Gasteiger partial charge in [0.1, 0.15) is 6.04 Å². The summed E-state index contributed by atoms with van der Waals surface area (Å²) in [4.78, 5) is 10.8. The first-order chi connectivity index (χ1) is 4.74. The number of methoxy groups -OCH3 is 1. The fourth-order valence-electron chi connectivity index (χ4n) is 0.740. The third kappa shape index (κ3) is 1.36. The van der Waals surface area contributed by atoms with Gasteiger partial charge >= 0.3 is 5.97 Å². The average Bonchev–Trinajstić information content (AvgIpc) is 2.34. The van der Waals surface area contributed by atoms with Crippen molar-refractivity contribution in [1.29, 1.82) is 0 Å². The van der Waals surface area contributed by atoms with Gasteiger partial charge in [-0.1, -0.05) is 0 Å². The maximum Gasteiger partial charge on any atom is 0.330 e. The molecule has 1 fully saturated rings. The van der Waals surface area contributed by atoms with Crippen LogP contribution in [0.4, 0.5) is 0 Å². The highest BCUT2D eigenvalue weighted by molar-refractivity contribution is 7.80. The second-order valence-electron chi connectivity index (χ2n) is 1.93. The van der Waals surface area contributed by atoms with E-state index < -0.39 is 0 Å². The first kappa shape index (κ1) is 7.27. The number of hydrogen-bond donors (Lipinski definition) is 2. The molecule has 2 N–H and O–H groups in total. The number of rotatable bonds is 1. The average molecular weight is 160 g/mol. The zero-order valence-electron chi connectivity index (χ0n) is 5.51. The molecule has 4 nitrogen and oxygen atoms in total. The zero-order chi connectivity index (χ0) is 7.56. The summed E-state index contributed by atoms with van der Waals surface area (Å²) in [7, 11) is 1.35. The standard InChI is InChI=1S/C5H8N2O2S/c1-9-4(8)3-2-6-5(10)7-3/h3H,2H2,1H3,(H2,6,7,10). The number of esters is 1. The van der Waals surface area contributed by atoms with Gasteiger partial charge in [0.15, 0.2) is 5.11 Å². The lowest BCUT2D eigenvalue weighted by atomic mass is 10.3. The highest BCUT2D eigenvalue weighted by Gasteiger charge is 2.24. The Labute approximate surface area is 63.9 Å². The van der Waals surface area contributed by atoms with Crippen LogP contribution in [-0.4, -0.2) is 30.8 Å². The molecule has 0 aromatic heterocycles. The molecule has 0 aromatic rings.